The lowest BCUT2D eigenvalue weighted by Gasteiger charge is -2.33. The summed E-state index contributed by atoms with van der Waals surface area (Å²) in [5.74, 6) is 7.91. The van der Waals surface area contributed by atoms with Crippen molar-refractivity contribution in [1.82, 2.24) is 0 Å². The van der Waals surface area contributed by atoms with Gasteiger partial charge < -0.3 is 4.90 Å². The van der Waals surface area contributed by atoms with Gasteiger partial charge in [-0.05, 0) is 134 Å². The summed E-state index contributed by atoms with van der Waals surface area (Å²) in [4.78, 5) is 2.28. The molecular weight excluding hydrogens is 771 g/mol. The quantitative estimate of drug-likeness (QED) is 0.0446. The van der Waals surface area contributed by atoms with E-state index < -0.39 is 0 Å². The van der Waals surface area contributed by atoms with Crippen LogP contribution < -0.4 is 4.90 Å². The Morgan fingerprint density at radius 2 is 0.844 bits per heavy atom. The Hall–Kier alpha value is -6.02. The first-order valence-electron chi connectivity index (χ1n) is 24.3. The van der Waals surface area contributed by atoms with Crippen LogP contribution in [0.3, 0.4) is 0 Å². The van der Waals surface area contributed by atoms with E-state index in [1.165, 1.54) is 123 Å². The average Bonchev–Trinajstić information content (AvgIpc) is 3.56. The first-order valence-corrected chi connectivity index (χ1v) is 24.3. The highest BCUT2D eigenvalue weighted by Gasteiger charge is 2.42. The predicted molar refractivity (Wildman–Crippen MR) is 284 cm³/mol. The van der Waals surface area contributed by atoms with Crippen LogP contribution in [0.15, 0.2) is 133 Å². The predicted octanol–water partition coefficient (Wildman–Crippen LogP) is 18.5. The summed E-state index contributed by atoms with van der Waals surface area (Å²) in [6.07, 6.45) is 28.6. The van der Waals surface area contributed by atoms with Crippen molar-refractivity contribution in [3.8, 4) is 35.3 Å². The van der Waals surface area contributed by atoms with Gasteiger partial charge >= 0.3 is 0 Å². The van der Waals surface area contributed by atoms with Gasteiger partial charge in [0, 0.05) is 30.9 Å². The van der Waals surface area contributed by atoms with Crippen molar-refractivity contribution in [1.29, 1.82) is 0 Å². The van der Waals surface area contributed by atoms with Gasteiger partial charge in [-0.2, -0.15) is 0 Å². The van der Waals surface area contributed by atoms with Gasteiger partial charge in [-0.25, -0.2) is 0 Å². The third-order valence-electron chi connectivity index (χ3n) is 13.0. The van der Waals surface area contributed by atoms with Gasteiger partial charge in [0.05, 0.1) is 0 Å². The Labute approximate surface area is 391 Å². The van der Waals surface area contributed by atoms with E-state index in [4.69, 9.17) is 6.42 Å². The first kappa shape index (κ1) is 47.5. The van der Waals surface area contributed by atoms with E-state index in [2.05, 4.69) is 186 Å². The fourth-order valence-corrected chi connectivity index (χ4v) is 9.35. The fraction of sp³-hybridized carbons (Fsp3) is 0.333. The SMILES string of the molecule is C#CC#Cc1ccc(/C=C/c2ccc(N(c3ccc(C)cc3)c3ccc(C)cc3)cc2)cc1.CCCCCCCCC1(CCCCCCCC)c2cc(C)ccc2-c2ccc(C)cc21.[HH].[HH]. The number of fused-ring (bicyclic) bond motifs is 3. The van der Waals surface area contributed by atoms with Crippen LogP contribution in [0.5, 0.6) is 0 Å². The topological polar surface area (TPSA) is 3.24 Å². The molecule has 0 spiro atoms. The minimum Gasteiger partial charge on any atom is -0.311 e. The Morgan fingerprint density at radius 3 is 1.27 bits per heavy atom. The molecule has 0 heterocycles. The van der Waals surface area contributed by atoms with Crippen molar-refractivity contribution in [3.63, 3.8) is 0 Å². The maximum atomic E-state index is 5.19. The number of nitrogens with zero attached hydrogens (tertiary/aromatic N) is 1. The van der Waals surface area contributed by atoms with E-state index >= 15 is 0 Å². The number of anilines is 3. The summed E-state index contributed by atoms with van der Waals surface area (Å²) < 4.78 is 0. The highest BCUT2D eigenvalue weighted by atomic mass is 15.1. The average molecular weight is 846 g/mol. The second-order valence-electron chi connectivity index (χ2n) is 18.2. The van der Waals surface area contributed by atoms with Crippen molar-refractivity contribution < 1.29 is 2.85 Å². The molecule has 1 aliphatic carbocycles. The maximum absolute atomic E-state index is 5.19. The molecule has 64 heavy (non-hydrogen) atoms. The van der Waals surface area contributed by atoms with E-state index in [-0.39, 0.29) is 8.27 Å². The molecule has 0 atom stereocenters. The van der Waals surface area contributed by atoms with Crippen LogP contribution in [0.1, 0.15) is 157 Å². The molecule has 0 aromatic heterocycles. The Bertz CT molecular complexity index is 2390. The summed E-state index contributed by atoms with van der Waals surface area (Å²) in [6, 6.07) is 48.4. The molecule has 0 aliphatic heterocycles. The summed E-state index contributed by atoms with van der Waals surface area (Å²) >= 11 is 0. The van der Waals surface area contributed by atoms with Crippen LogP contribution in [0.25, 0.3) is 23.3 Å². The van der Waals surface area contributed by atoms with Gasteiger partial charge in [0.15, 0.2) is 0 Å². The molecule has 332 valence electrons. The van der Waals surface area contributed by atoms with Crippen LogP contribution in [0.2, 0.25) is 0 Å². The molecular formula is C63H75N. The van der Waals surface area contributed by atoms with Gasteiger partial charge in [0.2, 0.25) is 0 Å². The second-order valence-corrected chi connectivity index (χ2v) is 18.2. The zero-order chi connectivity index (χ0) is 45.2. The molecule has 0 N–H and O–H groups in total. The zero-order valence-electron chi connectivity index (χ0n) is 39.8. The summed E-state index contributed by atoms with van der Waals surface area (Å²) in [7, 11) is 0. The van der Waals surface area contributed by atoms with Crippen molar-refractivity contribution >= 4 is 29.2 Å². The van der Waals surface area contributed by atoms with Crippen molar-refractivity contribution in [2.45, 2.75) is 137 Å². The number of hydrogen-bond donors (Lipinski definition) is 0. The lowest BCUT2D eigenvalue weighted by molar-refractivity contribution is 0.397. The molecule has 1 heteroatoms. The Morgan fingerprint density at radius 1 is 0.469 bits per heavy atom. The van der Waals surface area contributed by atoms with E-state index in [9.17, 15) is 0 Å². The lowest BCUT2D eigenvalue weighted by Crippen LogP contribution is -2.25. The third-order valence-corrected chi connectivity index (χ3v) is 13.0. The normalized spacial score (nSPS) is 12.1. The Balaban J connectivity index is 0.000000281. The molecule has 6 aromatic rings. The number of terminal acetylenes is 1. The standard InChI is InChI=1S/C32H25N.C31H46.2H2/c1-4-5-6-27-11-13-28(14-12-27)15-16-29-17-23-32(24-18-29)33(30-19-7-25(2)8-20-30)31-21-9-26(3)10-22-31;1-5-7-9-11-13-15-21-31(22-16-14-12-10-8-6-2)29-23-25(3)17-19-27(29)28-20-18-26(4)24-30(28)31;;/h1,7-24H,2-3H3;17-20,23-24H,5-16,21-22H2,1-4H3;2*1H/b16-15+;;;. The molecule has 0 unspecified atom stereocenters. The van der Waals surface area contributed by atoms with Crippen LogP contribution in [0.4, 0.5) is 17.1 Å². The molecule has 1 nitrogen and oxygen atoms in total. The molecule has 0 fully saturated rings. The Kier molecular flexibility index (Phi) is 17.9. The molecule has 6 aromatic carbocycles. The summed E-state index contributed by atoms with van der Waals surface area (Å²) in [5, 5.41) is 0. The monoisotopic (exact) mass is 846 g/mol. The molecule has 7 rings (SSSR count). The molecule has 1 aliphatic rings. The van der Waals surface area contributed by atoms with Gasteiger partial charge in [0.1, 0.15) is 0 Å². The van der Waals surface area contributed by atoms with E-state index in [0.717, 1.165) is 33.8 Å². The fourth-order valence-electron chi connectivity index (χ4n) is 9.35. The van der Waals surface area contributed by atoms with E-state index in [1.807, 2.05) is 24.3 Å². The van der Waals surface area contributed by atoms with Gasteiger partial charge in [-0.3, -0.25) is 0 Å². The summed E-state index contributed by atoms with van der Waals surface area (Å²) in [5.41, 5.74) is 18.4. The molecule has 0 saturated carbocycles. The van der Waals surface area contributed by atoms with Crippen LogP contribution in [0, 0.1) is 51.9 Å². The number of hydrogen-bond acceptors (Lipinski definition) is 1. The van der Waals surface area contributed by atoms with Crippen molar-refractivity contribution in [3.05, 3.63) is 184 Å². The molecule has 0 amide bonds. The molecule has 0 saturated heterocycles. The smallest absolute Gasteiger partial charge is 0.0462 e. The second kappa shape index (κ2) is 24.2. The third kappa shape index (κ3) is 12.8. The number of unbranched alkanes of at least 4 members (excludes halogenated alkanes) is 10. The first-order chi connectivity index (χ1) is 31.2. The van der Waals surface area contributed by atoms with Gasteiger partial charge in [0.25, 0.3) is 0 Å². The number of aryl methyl sites for hydroxylation is 4. The minimum atomic E-state index is 0. The minimum absolute atomic E-state index is 0. The van der Waals surface area contributed by atoms with Crippen LogP contribution in [-0.2, 0) is 5.41 Å². The van der Waals surface area contributed by atoms with Crippen LogP contribution >= 0.6 is 0 Å². The highest BCUT2D eigenvalue weighted by molar-refractivity contribution is 5.82. The summed E-state index contributed by atoms with van der Waals surface area (Å²) in [6.45, 7) is 13.4. The van der Waals surface area contributed by atoms with Gasteiger partial charge in [-0.1, -0.05) is 216 Å². The highest BCUT2D eigenvalue weighted by Crippen LogP contribution is 2.54. The zero-order valence-corrected chi connectivity index (χ0v) is 39.8. The lowest BCUT2D eigenvalue weighted by atomic mass is 9.70. The number of rotatable bonds is 19. The molecule has 0 radical (unpaired) electrons. The van der Waals surface area contributed by atoms with Crippen LogP contribution in [-0.4, -0.2) is 0 Å². The van der Waals surface area contributed by atoms with E-state index in [0.29, 0.717) is 0 Å². The molecule has 0 bridgehead atoms. The van der Waals surface area contributed by atoms with E-state index in [1.54, 1.807) is 11.1 Å². The number of benzene rings is 6. The largest absolute Gasteiger partial charge is 0.311 e. The maximum Gasteiger partial charge on any atom is 0.0462 e. The van der Waals surface area contributed by atoms with Gasteiger partial charge in [-0.15, -0.1) is 6.42 Å². The van der Waals surface area contributed by atoms with Crippen molar-refractivity contribution in [2.75, 3.05) is 4.90 Å². The van der Waals surface area contributed by atoms with Crippen molar-refractivity contribution in [2.24, 2.45) is 0 Å².